The molecular formula is C5H5F3N3. The first-order valence-corrected chi connectivity index (χ1v) is 2.66. The number of H-pyrrole nitrogens is 1. The molecule has 0 unspecified atom stereocenters. The molecular weight excluding hydrogens is 159 g/mol. The van der Waals surface area contributed by atoms with E-state index in [4.69, 9.17) is 5.73 Å². The van der Waals surface area contributed by atoms with Gasteiger partial charge in [-0.2, -0.15) is 18.3 Å². The van der Waals surface area contributed by atoms with Crippen LogP contribution >= 0.6 is 0 Å². The second-order valence-corrected chi connectivity index (χ2v) is 1.96. The van der Waals surface area contributed by atoms with Crippen LogP contribution in [0, 0.1) is 6.92 Å². The van der Waals surface area contributed by atoms with Crippen molar-refractivity contribution >= 4 is 5.82 Å². The van der Waals surface area contributed by atoms with E-state index in [1.807, 2.05) is 5.10 Å². The van der Waals surface area contributed by atoms with Crippen molar-refractivity contribution in [3.8, 4) is 0 Å². The second kappa shape index (κ2) is 2.14. The number of halogens is 3. The standard InChI is InChI=1S/C5H5F3N3/c1-2-3(5(6,7)8)10-11-4(2)9/h1H2,(H3,9,10,11). The highest BCUT2D eigenvalue weighted by molar-refractivity contribution is 5.44. The van der Waals surface area contributed by atoms with Crippen LogP contribution < -0.4 is 5.73 Å². The van der Waals surface area contributed by atoms with E-state index in [9.17, 15) is 13.2 Å². The van der Waals surface area contributed by atoms with E-state index < -0.39 is 11.9 Å². The van der Waals surface area contributed by atoms with Gasteiger partial charge in [-0.1, -0.05) is 0 Å². The maximum atomic E-state index is 11.9. The van der Waals surface area contributed by atoms with Crippen LogP contribution in [-0.4, -0.2) is 10.2 Å². The lowest BCUT2D eigenvalue weighted by atomic mass is 10.2. The topological polar surface area (TPSA) is 54.7 Å². The number of hydrogen-bond acceptors (Lipinski definition) is 2. The van der Waals surface area contributed by atoms with Crippen LogP contribution in [0.1, 0.15) is 11.3 Å². The fourth-order valence-electron chi connectivity index (χ4n) is 0.613. The Kier molecular flexibility index (Phi) is 1.54. The zero-order valence-electron chi connectivity index (χ0n) is 5.37. The predicted octanol–water partition coefficient (Wildman–Crippen LogP) is 1.19. The minimum absolute atomic E-state index is 0.155. The van der Waals surface area contributed by atoms with Gasteiger partial charge < -0.3 is 5.73 Å². The maximum absolute atomic E-state index is 11.9. The number of aromatic amines is 1. The van der Waals surface area contributed by atoms with Gasteiger partial charge in [0.2, 0.25) is 0 Å². The minimum atomic E-state index is -4.48. The normalized spacial score (nSPS) is 12.0. The monoisotopic (exact) mass is 164 g/mol. The molecule has 0 aliphatic carbocycles. The van der Waals surface area contributed by atoms with Crippen molar-refractivity contribution in [1.29, 1.82) is 0 Å². The number of nitrogen functional groups attached to an aromatic ring is 1. The van der Waals surface area contributed by atoms with E-state index in [2.05, 4.69) is 12.0 Å². The van der Waals surface area contributed by atoms with Crippen molar-refractivity contribution in [3.63, 3.8) is 0 Å². The highest BCUT2D eigenvalue weighted by atomic mass is 19.4. The van der Waals surface area contributed by atoms with E-state index in [1.165, 1.54) is 0 Å². The Bertz CT molecular complexity index is 262. The van der Waals surface area contributed by atoms with Crippen molar-refractivity contribution in [2.75, 3.05) is 5.73 Å². The molecule has 1 aromatic rings. The Morgan fingerprint density at radius 3 is 2.18 bits per heavy atom. The second-order valence-electron chi connectivity index (χ2n) is 1.96. The summed E-state index contributed by atoms with van der Waals surface area (Å²) < 4.78 is 35.7. The average Bonchev–Trinajstić information content (AvgIpc) is 2.11. The van der Waals surface area contributed by atoms with Gasteiger partial charge in [-0.15, -0.1) is 0 Å². The molecule has 1 radical (unpaired) electrons. The van der Waals surface area contributed by atoms with Crippen LogP contribution in [0.4, 0.5) is 19.0 Å². The summed E-state index contributed by atoms with van der Waals surface area (Å²) in [5.74, 6) is -0.155. The molecule has 0 aliphatic heterocycles. The quantitative estimate of drug-likeness (QED) is 0.605. The van der Waals surface area contributed by atoms with Gasteiger partial charge in [0.1, 0.15) is 5.82 Å². The summed E-state index contributed by atoms with van der Waals surface area (Å²) in [4.78, 5) is 0. The van der Waals surface area contributed by atoms with Crippen molar-refractivity contribution < 1.29 is 13.2 Å². The van der Waals surface area contributed by atoms with Crippen molar-refractivity contribution in [2.24, 2.45) is 0 Å². The first-order chi connectivity index (χ1) is 4.93. The van der Waals surface area contributed by atoms with E-state index in [0.29, 0.717) is 0 Å². The molecule has 1 aromatic heterocycles. The lowest BCUT2D eigenvalue weighted by Gasteiger charge is -2.01. The van der Waals surface area contributed by atoms with Gasteiger partial charge in [-0.3, -0.25) is 5.10 Å². The van der Waals surface area contributed by atoms with Gasteiger partial charge >= 0.3 is 6.18 Å². The predicted molar refractivity (Wildman–Crippen MR) is 32.5 cm³/mol. The first-order valence-electron chi connectivity index (χ1n) is 2.66. The average molecular weight is 164 g/mol. The van der Waals surface area contributed by atoms with Crippen molar-refractivity contribution in [2.45, 2.75) is 6.18 Å². The molecule has 0 spiro atoms. The van der Waals surface area contributed by atoms with Crippen LogP contribution in [0.25, 0.3) is 0 Å². The number of hydrogen-bond donors (Lipinski definition) is 2. The number of nitrogens with two attached hydrogens (primary N) is 1. The minimum Gasteiger partial charge on any atom is -0.384 e. The molecule has 0 saturated carbocycles. The van der Waals surface area contributed by atoms with Gasteiger partial charge in [0, 0.05) is 5.56 Å². The SMILES string of the molecule is [CH2]c1c(C(F)(F)F)n[nH]c1N. The van der Waals surface area contributed by atoms with Gasteiger partial charge in [-0.25, -0.2) is 0 Å². The summed E-state index contributed by atoms with van der Waals surface area (Å²) in [6.07, 6.45) is -4.48. The Balaban J connectivity index is 3.15. The molecule has 0 amide bonds. The number of anilines is 1. The fourth-order valence-corrected chi connectivity index (χ4v) is 0.613. The molecule has 11 heavy (non-hydrogen) atoms. The Morgan fingerprint density at radius 1 is 1.45 bits per heavy atom. The third kappa shape index (κ3) is 1.28. The van der Waals surface area contributed by atoms with E-state index in [1.54, 1.807) is 0 Å². The molecule has 61 valence electrons. The lowest BCUT2D eigenvalue weighted by Crippen LogP contribution is -2.07. The highest BCUT2D eigenvalue weighted by Gasteiger charge is 2.36. The largest absolute Gasteiger partial charge is 0.435 e. The molecule has 1 heterocycles. The van der Waals surface area contributed by atoms with Gasteiger partial charge in [0.25, 0.3) is 0 Å². The summed E-state index contributed by atoms with van der Waals surface area (Å²) in [5.41, 5.74) is 3.69. The van der Waals surface area contributed by atoms with Crippen LogP contribution in [0.15, 0.2) is 0 Å². The molecule has 0 bridgehead atoms. The van der Waals surface area contributed by atoms with Crippen LogP contribution in [-0.2, 0) is 6.18 Å². The zero-order chi connectivity index (χ0) is 8.65. The molecule has 0 atom stereocenters. The molecule has 3 N–H and O–H groups in total. The summed E-state index contributed by atoms with van der Waals surface area (Å²) >= 11 is 0. The highest BCUT2D eigenvalue weighted by Crippen LogP contribution is 2.31. The third-order valence-corrected chi connectivity index (χ3v) is 1.17. The van der Waals surface area contributed by atoms with E-state index >= 15 is 0 Å². The molecule has 6 heteroatoms. The van der Waals surface area contributed by atoms with E-state index in [-0.39, 0.29) is 11.4 Å². The van der Waals surface area contributed by atoms with Crippen LogP contribution in [0.3, 0.4) is 0 Å². The number of rotatable bonds is 0. The van der Waals surface area contributed by atoms with E-state index in [0.717, 1.165) is 0 Å². The summed E-state index contributed by atoms with van der Waals surface area (Å²) in [6.45, 7) is 3.11. The number of alkyl halides is 3. The molecule has 0 aliphatic rings. The first kappa shape index (κ1) is 7.90. The lowest BCUT2D eigenvalue weighted by molar-refractivity contribution is -0.141. The summed E-state index contributed by atoms with van der Waals surface area (Å²) in [6, 6.07) is 0. The number of nitrogens with zero attached hydrogens (tertiary/aromatic N) is 1. The summed E-state index contributed by atoms with van der Waals surface area (Å²) in [7, 11) is 0. The Hall–Kier alpha value is -1.20. The van der Waals surface area contributed by atoms with Crippen LogP contribution in [0.5, 0.6) is 0 Å². The van der Waals surface area contributed by atoms with Crippen molar-refractivity contribution in [3.05, 3.63) is 18.2 Å². The van der Waals surface area contributed by atoms with Crippen molar-refractivity contribution in [1.82, 2.24) is 10.2 Å². The third-order valence-electron chi connectivity index (χ3n) is 1.17. The Labute approximate surface area is 60.4 Å². The smallest absolute Gasteiger partial charge is 0.384 e. The molecule has 0 fully saturated rings. The van der Waals surface area contributed by atoms with Gasteiger partial charge in [-0.05, 0) is 6.92 Å². The Morgan fingerprint density at radius 2 is 2.00 bits per heavy atom. The number of nitrogens with one attached hydrogen (secondary N) is 1. The molecule has 0 saturated heterocycles. The van der Waals surface area contributed by atoms with Gasteiger partial charge in [0.15, 0.2) is 5.69 Å². The zero-order valence-corrected chi connectivity index (χ0v) is 5.37. The van der Waals surface area contributed by atoms with Gasteiger partial charge in [0.05, 0.1) is 0 Å². The molecule has 0 aromatic carbocycles. The van der Waals surface area contributed by atoms with Crippen LogP contribution in [0.2, 0.25) is 0 Å². The number of aromatic nitrogens is 2. The maximum Gasteiger partial charge on any atom is 0.435 e. The molecule has 1 rings (SSSR count). The molecule has 3 nitrogen and oxygen atoms in total. The fraction of sp³-hybridized carbons (Fsp3) is 0.200. The summed E-state index contributed by atoms with van der Waals surface area (Å²) in [5, 5.41) is 4.94.